The Balaban J connectivity index is 2.17. The maximum absolute atomic E-state index is 12.6. The summed E-state index contributed by atoms with van der Waals surface area (Å²) in [6, 6.07) is 0.575. The van der Waals surface area contributed by atoms with Gasteiger partial charge in [0, 0.05) is 12.3 Å². The molecule has 0 spiro atoms. The average Bonchev–Trinajstić information content (AvgIpc) is 2.91. The maximum Gasteiger partial charge on any atom is 0.511 e. The molecule has 6 atom stereocenters. The molecule has 158 valence electrons. The Morgan fingerprint density at radius 2 is 1.93 bits per heavy atom. The minimum atomic E-state index is -1.84. The molecule has 28 heavy (non-hydrogen) atoms. The molecule has 1 fully saturated rings. The van der Waals surface area contributed by atoms with Crippen LogP contribution in [0.2, 0.25) is 0 Å². The number of aromatic amines is 1. The summed E-state index contributed by atoms with van der Waals surface area (Å²) in [7, 11) is -1.84. The molecule has 1 aromatic rings. The third-order valence-corrected chi connectivity index (χ3v) is 7.92. The molecule has 3 N–H and O–H groups in total. The van der Waals surface area contributed by atoms with Gasteiger partial charge in [0.2, 0.25) is 0 Å². The Kier molecular flexibility index (Phi) is 7.73. The van der Waals surface area contributed by atoms with Gasteiger partial charge in [0.25, 0.3) is 5.56 Å². The van der Waals surface area contributed by atoms with Crippen LogP contribution in [-0.4, -0.2) is 43.2 Å². The first kappa shape index (κ1) is 22.9. The van der Waals surface area contributed by atoms with Gasteiger partial charge in [-0.05, 0) is 49.5 Å². The van der Waals surface area contributed by atoms with Crippen LogP contribution in [0, 0.1) is 5.92 Å². The largest absolute Gasteiger partial charge is 0.511 e. The average molecular weight is 415 g/mol. The Morgan fingerprint density at radius 3 is 2.46 bits per heavy atom. The van der Waals surface area contributed by atoms with E-state index in [4.69, 9.17) is 4.52 Å². The molecule has 1 aromatic heterocycles. The zero-order valence-electron chi connectivity index (χ0n) is 17.0. The van der Waals surface area contributed by atoms with E-state index >= 15 is 0 Å². The fraction of sp³-hybridized carbons (Fsp3) is 0.789. The molecule has 0 radical (unpaired) electrons. The van der Waals surface area contributed by atoms with Crippen LogP contribution in [0.5, 0.6) is 0 Å². The van der Waals surface area contributed by atoms with E-state index in [1.165, 1.54) is 16.8 Å². The highest BCUT2D eigenvalue weighted by Crippen LogP contribution is 2.45. The fourth-order valence-corrected chi connectivity index (χ4v) is 5.33. The summed E-state index contributed by atoms with van der Waals surface area (Å²) in [5.74, 6) is -0.325. The lowest BCUT2D eigenvalue weighted by Crippen LogP contribution is -2.37. The number of rotatable bonds is 9. The van der Waals surface area contributed by atoms with Crippen molar-refractivity contribution >= 4 is 8.03 Å². The van der Waals surface area contributed by atoms with Gasteiger partial charge in [0.1, 0.15) is 11.7 Å². The second-order valence-electron chi connectivity index (χ2n) is 7.92. The summed E-state index contributed by atoms with van der Waals surface area (Å²) in [6.07, 6.45) is 2.08. The van der Waals surface area contributed by atoms with Gasteiger partial charge in [0.15, 0.2) is 5.66 Å². The van der Waals surface area contributed by atoms with Gasteiger partial charge in [-0.1, -0.05) is 20.8 Å². The van der Waals surface area contributed by atoms with Gasteiger partial charge in [-0.3, -0.25) is 14.3 Å². The van der Waals surface area contributed by atoms with Crippen molar-refractivity contribution in [1.29, 1.82) is 0 Å². The summed E-state index contributed by atoms with van der Waals surface area (Å²) in [5.41, 5.74) is -1.84. The molecule has 8 nitrogen and oxygen atoms in total. The second-order valence-corrected chi connectivity index (χ2v) is 9.40. The normalized spacial score (nSPS) is 27.8. The molecule has 1 aliphatic rings. The highest BCUT2D eigenvalue weighted by atomic mass is 31.1. The van der Waals surface area contributed by atoms with Crippen LogP contribution in [-0.2, 0) is 9.09 Å². The molecule has 1 heterocycles. The molecule has 0 aromatic carbocycles. The molecule has 0 amide bonds. The first-order chi connectivity index (χ1) is 13.2. The quantitative estimate of drug-likeness (QED) is 0.532. The Morgan fingerprint density at radius 1 is 1.29 bits per heavy atom. The molecule has 0 saturated heterocycles. The number of aromatic nitrogens is 2. The van der Waals surface area contributed by atoms with Crippen molar-refractivity contribution in [3.05, 3.63) is 33.1 Å². The number of H-pyrrole nitrogens is 1. The molecule has 2 unspecified atom stereocenters. The second kappa shape index (κ2) is 9.44. The summed E-state index contributed by atoms with van der Waals surface area (Å²) in [5, 5.41) is 21.1. The molecule has 1 aliphatic carbocycles. The predicted octanol–water partition coefficient (Wildman–Crippen LogP) is 2.33. The molecular weight excluding hydrogens is 383 g/mol. The summed E-state index contributed by atoms with van der Waals surface area (Å²) < 4.78 is 19.8. The van der Waals surface area contributed by atoms with E-state index in [1.807, 2.05) is 27.7 Å². The molecule has 2 rings (SSSR count). The van der Waals surface area contributed by atoms with Crippen LogP contribution >= 0.6 is 8.03 Å². The molecule has 0 bridgehead atoms. The Hall–Kier alpha value is -1.34. The van der Waals surface area contributed by atoms with Gasteiger partial charge in [-0.2, -0.15) is 0 Å². The van der Waals surface area contributed by atoms with Crippen LogP contribution in [0.3, 0.4) is 0 Å². The van der Waals surface area contributed by atoms with Crippen LogP contribution in [0.15, 0.2) is 21.9 Å². The monoisotopic (exact) mass is 415 g/mol. The predicted molar refractivity (Wildman–Crippen MR) is 107 cm³/mol. The van der Waals surface area contributed by atoms with E-state index in [0.29, 0.717) is 19.3 Å². The highest BCUT2D eigenvalue weighted by Gasteiger charge is 2.48. The van der Waals surface area contributed by atoms with E-state index in [1.54, 1.807) is 0 Å². The van der Waals surface area contributed by atoms with E-state index in [0.717, 1.165) is 12.8 Å². The number of nitrogens with one attached hydrogen (secondary N) is 1. The standard InChI is InChI=1S/C19H31N2O6P/c1-5-13(6-2)28(26)27-19(4,7-3)11-12-10-14(17(24)16(12)23)21-9-8-15(22)20-18(21)25/h8-9,12-14,16-17,23-24H,5-7,10-11H2,1-4H3/p+1/t12-,14+,16-,17+,19?/m1/s1. The van der Waals surface area contributed by atoms with E-state index in [2.05, 4.69) is 4.98 Å². The highest BCUT2D eigenvalue weighted by molar-refractivity contribution is 7.40. The third-order valence-electron chi connectivity index (χ3n) is 5.97. The van der Waals surface area contributed by atoms with Crippen molar-refractivity contribution in [3.8, 4) is 0 Å². The van der Waals surface area contributed by atoms with Crippen molar-refractivity contribution in [1.82, 2.24) is 9.55 Å². The SMILES string of the molecule is CCC(CC)[P+](=O)OC(C)(CC)C[C@H]1C[C@H](n2ccc(=O)[nH]c2=O)[C@H](O)[C@@H]1O. The van der Waals surface area contributed by atoms with E-state index in [9.17, 15) is 24.4 Å². The van der Waals surface area contributed by atoms with Crippen LogP contribution in [0.4, 0.5) is 0 Å². The Bertz CT molecular complexity index is 789. The van der Waals surface area contributed by atoms with Gasteiger partial charge >= 0.3 is 13.7 Å². The number of aliphatic hydroxyl groups is 2. The van der Waals surface area contributed by atoms with Gasteiger partial charge in [-0.25, -0.2) is 4.79 Å². The van der Waals surface area contributed by atoms with Crippen LogP contribution in [0.25, 0.3) is 0 Å². The number of aliphatic hydroxyl groups excluding tert-OH is 2. The third kappa shape index (κ3) is 4.98. The smallest absolute Gasteiger partial charge is 0.390 e. The summed E-state index contributed by atoms with van der Waals surface area (Å²) in [4.78, 5) is 25.5. The minimum Gasteiger partial charge on any atom is -0.390 e. The van der Waals surface area contributed by atoms with Crippen molar-refractivity contribution in [3.63, 3.8) is 0 Å². The molecule has 9 heteroatoms. The zero-order valence-corrected chi connectivity index (χ0v) is 17.9. The van der Waals surface area contributed by atoms with Crippen molar-refractivity contribution in [2.75, 3.05) is 0 Å². The van der Waals surface area contributed by atoms with Crippen LogP contribution < -0.4 is 11.2 Å². The zero-order chi connectivity index (χ0) is 21.1. The summed E-state index contributed by atoms with van der Waals surface area (Å²) >= 11 is 0. The first-order valence-electron chi connectivity index (χ1n) is 9.98. The van der Waals surface area contributed by atoms with Gasteiger partial charge in [0.05, 0.1) is 12.1 Å². The Labute approximate surface area is 165 Å². The van der Waals surface area contributed by atoms with Crippen molar-refractivity contribution < 1.29 is 19.3 Å². The van der Waals surface area contributed by atoms with Crippen LogP contribution in [0.1, 0.15) is 65.8 Å². The minimum absolute atomic E-state index is 0.00700. The number of nitrogens with zero attached hydrogens (tertiary/aromatic N) is 1. The number of hydrogen-bond acceptors (Lipinski definition) is 6. The van der Waals surface area contributed by atoms with Gasteiger partial charge in [-0.15, -0.1) is 4.52 Å². The molecule has 0 aliphatic heterocycles. The fourth-order valence-electron chi connectivity index (χ4n) is 3.95. The molecular formula is C19H32N2O6P+. The summed E-state index contributed by atoms with van der Waals surface area (Å²) in [6.45, 7) is 7.79. The lowest BCUT2D eigenvalue weighted by Gasteiger charge is -2.27. The molecule has 1 saturated carbocycles. The maximum atomic E-state index is 12.6. The van der Waals surface area contributed by atoms with E-state index < -0.39 is 43.1 Å². The lowest BCUT2D eigenvalue weighted by molar-refractivity contribution is -0.0157. The van der Waals surface area contributed by atoms with Crippen molar-refractivity contribution in [2.45, 2.75) is 89.3 Å². The van der Waals surface area contributed by atoms with Crippen molar-refractivity contribution in [2.24, 2.45) is 5.92 Å². The van der Waals surface area contributed by atoms with E-state index in [-0.39, 0.29) is 11.6 Å². The lowest BCUT2D eigenvalue weighted by atomic mass is 9.87. The van der Waals surface area contributed by atoms with Gasteiger partial charge < -0.3 is 10.2 Å². The first-order valence-corrected chi connectivity index (χ1v) is 11.2. The number of hydrogen-bond donors (Lipinski definition) is 3. The topological polar surface area (TPSA) is 122 Å².